The molecule has 1 aliphatic carbocycles. The molecular formula is C12H15F2NO2. The van der Waals surface area contributed by atoms with Gasteiger partial charge < -0.3 is 5.21 Å². The maximum Gasteiger partial charge on any atom is 0.283 e. The van der Waals surface area contributed by atoms with Crippen LogP contribution in [0.25, 0.3) is 0 Å². The predicted octanol–water partition coefficient (Wildman–Crippen LogP) is 2.74. The minimum atomic E-state index is -1.21. The van der Waals surface area contributed by atoms with E-state index in [4.69, 9.17) is 1.37 Å². The summed E-state index contributed by atoms with van der Waals surface area (Å²) in [6.45, 7) is -1.21. The standard InChI is InChI=1S/C12H15F2NO2/c13-7-9-6-10(16)15(17)12(11(9)14)8-4-2-1-3-5-8/h6,8,17H,1-5,7H2/i6D. The van der Waals surface area contributed by atoms with Gasteiger partial charge in [-0.05, 0) is 12.8 Å². The highest BCUT2D eigenvalue weighted by atomic mass is 19.1. The first kappa shape index (κ1) is 10.7. The van der Waals surface area contributed by atoms with Gasteiger partial charge in [-0.25, -0.2) is 8.78 Å². The number of pyridine rings is 1. The average molecular weight is 244 g/mol. The van der Waals surface area contributed by atoms with Gasteiger partial charge >= 0.3 is 0 Å². The Morgan fingerprint density at radius 2 is 2.12 bits per heavy atom. The van der Waals surface area contributed by atoms with Crippen molar-refractivity contribution >= 4 is 0 Å². The van der Waals surface area contributed by atoms with Crippen LogP contribution in [0.2, 0.25) is 0 Å². The summed E-state index contributed by atoms with van der Waals surface area (Å²) in [6, 6.07) is -0.808. The molecule has 1 aromatic rings. The van der Waals surface area contributed by atoms with Crippen LogP contribution < -0.4 is 5.56 Å². The van der Waals surface area contributed by atoms with E-state index in [1.54, 1.807) is 0 Å². The number of rotatable bonds is 2. The van der Waals surface area contributed by atoms with Crippen molar-refractivity contribution in [1.82, 2.24) is 4.73 Å². The molecule has 5 heteroatoms. The Hall–Kier alpha value is -1.39. The first-order chi connectivity index (χ1) is 8.57. The van der Waals surface area contributed by atoms with Crippen molar-refractivity contribution in [1.29, 1.82) is 0 Å². The lowest BCUT2D eigenvalue weighted by molar-refractivity contribution is 0.150. The summed E-state index contributed by atoms with van der Waals surface area (Å²) in [5.74, 6) is -1.22. The number of aromatic nitrogens is 1. The van der Waals surface area contributed by atoms with Crippen molar-refractivity contribution in [3.05, 3.63) is 33.5 Å². The predicted molar refractivity (Wildman–Crippen MR) is 58.5 cm³/mol. The van der Waals surface area contributed by atoms with Crippen molar-refractivity contribution in [3.8, 4) is 0 Å². The summed E-state index contributed by atoms with van der Waals surface area (Å²) >= 11 is 0. The molecule has 94 valence electrons. The molecule has 0 aromatic carbocycles. The second kappa shape index (κ2) is 4.85. The molecule has 0 unspecified atom stereocenters. The number of hydrogen-bond donors (Lipinski definition) is 1. The van der Waals surface area contributed by atoms with E-state index in [-0.39, 0.29) is 16.3 Å². The van der Waals surface area contributed by atoms with E-state index in [0.29, 0.717) is 12.8 Å². The Balaban J connectivity index is 2.58. The third-order valence-corrected chi connectivity index (χ3v) is 3.29. The van der Waals surface area contributed by atoms with E-state index < -0.39 is 29.7 Å². The Kier molecular flexibility index (Phi) is 3.07. The Morgan fingerprint density at radius 1 is 1.47 bits per heavy atom. The topological polar surface area (TPSA) is 42.2 Å². The zero-order valence-electron chi connectivity index (χ0n) is 10.4. The van der Waals surface area contributed by atoms with E-state index >= 15 is 0 Å². The van der Waals surface area contributed by atoms with Crippen molar-refractivity contribution in [2.24, 2.45) is 0 Å². The van der Waals surface area contributed by atoms with Crippen LogP contribution in [-0.2, 0) is 6.67 Å². The van der Waals surface area contributed by atoms with Crippen LogP contribution in [0.4, 0.5) is 8.78 Å². The van der Waals surface area contributed by atoms with E-state index in [1.807, 2.05) is 0 Å². The summed E-state index contributed by atoms with van der Waals surface area (Å²) in [4.78, 5) is 11.6. The lowest BCUT2D eigenvalue weighted by Crippen LogP contribution is -2.26. The van der Waals surface area contributed by atoms with Crippen LogP contribution in [0, 0.1) is 5.82 Å². The van der Waals surface area contributed by atoms with Crippen molar-refractivity contribution in [2.75, 3.05) is 0 Å². The van der Waals surface area contributed by atoms with Crippen LogP contribution in [0.15, 0.2) is 10.8 Å². The quantitative estimate of drug-likeness (QED) is 0.813. The molecule has 1 aromatic heterocycles. The fourth-order valence-corrected chi connectivity index (χ4v) is 2.41. The Bertz CT molecular complexity index is 510. The molecule has 3 nitrogen and oxygen atoms in total. The van der Waals surface area contributed by atoms with Gasteiger partial charge in [0.1, 0.15) is 12.4 Å². The van der Waals surface area contributed by atoms with Crippen molar-refractivity contribution in [3.63, 3.8) is 0 Å². The van der Waals surface area contributed by atoms with Gasteiger partial charge in [0.2, 0.25) is 0 Å². The van der Waals surface area contributed by atoms with E-state index in [0.717, 1.165) is 19.3 Å². The van der Waals surface area contributed by atoms with Crippen molar-refractivity contribution in [2.45, 2.75) is 44.7 Å². The van der Waals surface area contributed by atoms with Gasteiger partial charge in [0.15, 0.2) is 5.82 Å². The summed E-state index contributed by atoms with van der Waals surface area (Å²) in [6.07, 6.45) is 4.16. The largest absolute Gasteiger partial charge is 0.425 e. The molecule has 1 N–H and O–H groups in total. The van der Waals surface area contributed by atoms with Crippen LogP contribution in [0.3, 0.4) is 0 Å². The molecule has 1 heterocycles. The number of alkyl halides is 1. The maximum atomic E-state index is 14.1. The molecule has 1 saturated carbocycles. The summed E-state index contributed by atoms with van der Waals surface area (Å²) in [5, 5.41) is 9.65. The zero-order chi connectivity index (χ0) is 13.3. The highest BCUT2D eigenvalue weighted by Crippen LogP contribution is 2.33. The molecule has 0 amide bonds. The van der Waals surface area contributed by atoms with Gasteiger partial charge in [-0.2, -0.15) is 0 Å². The molecule has 0 atom stereocenters. The first-order valence-electron chi connectivity index (χ1n) is 6.27. The van der Waals surface area contributed by atoms with Gasteiger partial charge in [0, 0.05) is 17.5 Å². The monoisotopic (exact) mass is 244 g/mol. The third kappa shape index (κ3) is 2.18. The van der Waals surface area contributed by atoms with Gasteiger partial charge in [-0.15, -0.1) is 4.73 Å². The summed E-state index contributed by atoms with van der Waals surface area (Å²) < 4.78 is 34.3. The number of nitrogens with zero attached hydrogens (tertiary/aromatic N) is 1. The lowest BCUT2D eigenvalue weighted by Gasteiger charge is -2.23. The van der Waals surface area contributed by atoms with Crippen LogP contribution in [0.5, 0.6) is 0 Å². The fourth-order valence-electron chi connectivity index (χ4n) is 2.41. The third-order valence-electron chi connectivity index (χ3n) is 3.29. The normalized spacial score (nSPS) is 18.1. The first-order valence-corrected chi connectivity index (χ1v) is 5.77. The zero-order valence-corrected chi connectivity index (χ0v) is 9.38. The maximum absolute atomic E-state index is 14.1. The number of halogens is 2. The molecule has 0 saturated heterocycles. The fraction of sp³-hybridized carbons (Fsp3) is 0.583. The highest BCUT2D eigenvalue weighted by molar-refractivity contribution is 5.22. The molecule has 2 rings (SSSR count). The molecule has 1 aliphatic rings. The Labute approximate surface area is 99.1 Å². The van der Waals surface area contributed by atoms with Gasteiger partial charge in [-0.1, -0.05) is 19.3 Å². The van der Waals surface area contributed by atoms with E-state index in [1.165, 1.54) is 0 Å². The second-order valence-corrected chi connectivity index (χ2v) is 4.39. The highest BCUT2D eigenvalue weighted by Gasteiger charge is 2.25. The van der Waals surface area contributed by atoms with Gasteiger partial charge in [0.05, 0.1) is 1.37 Å². The average Bonchev–Trinajstić information content (AvgIpc) is 2.38. The minimum absolute atomic E-state index is 0.164. The number of hydrogen-bond acceptors (Lipinski definition) is 2. The molecule has 1 fully saturated rings. The molecule has 0 aliphatic heterocycles. The molecular weight excluding hydrogens is 228 g/mol. The second-order valence-electron chi connectivity index (χ2n) is 4.39. The van der Waals surface area contributed by atoms with Gasteiger partial charge in [0.25, 0.3) is 5.56 Å². The van der Waals surface area contributed by atoms with E-state index in [2.05, 4.69) is 0 Å². The molecule has 0 radical (unpaired) electrons. The molecule has 0 spiro atoms. The van der Waals surface area contributed by atoms with E-state index in [9.17, 15) is 18.8 Å². The van der Waals surface area contributed by atoms with Crippen LogP contribution in [-0.4, -0.2) is 9.94 Å². The summed E-state index contributed by atoms with van der Waals surface area (Å²) in [5.41, 5.74) is -1.76. The van der Waals surface area contributed by atoms with Gasteiger partial charge in [-0.3, -0.25) is 4.79 Å². The van der Waals surface area contributed by atoms with Crippen LogP contribution >= 0.6 is 0 Å². The molecule has 0 bridgehead atoms. The minimum Gasteiger partial charge on any atom is -0.425 e. The Morgan fingerprint density at radius 3 is 2.71 bits per heavy atom. The van der Waals surface area contributed by atoms with Crippen LogP contribution in [0.1, 0.15) is 50.7 Å². The SMILES string of the molecule is [2H]c1c(CF)c(F)c(C2CCCCC2)n(O)c1=O. The summed E-state index contributed by atoms with van der Waals surface area (Å²) in [7, 11) is 0. The smallest absolute Gasteiger partial charge is 0.283 e. The van der Waals surface area contributed by atoms with Crippen molar-refractivity contribution < 1.29 is 15.4 Å². The molecule has 17 heavy (non-hydrogen) atoms. The lowest BCUT2D eigenvalue weighted by atomic mass is 9.86.